The number of rotatable bonds is 3. The van der Waals surface area contributed by atoms with E-state index < -0.39 is 17.8 Å². The highest BCUT2D eigenvalue weighted by Crippen LogP contribution is 2.31. The molecule has 2 aromatic heterocycles. The second-order valence-electron chi connectivity index (χ2n) is 5.67. The Hall–Kier alpha value is -2.97. The highest BCUT2D eigenvalue weighted by atomic mass is 19.4. The molecule has 0 aliphatic heterocycles. The smallest absolute Gasteiger partial charge is 0.347 e. The molecule has 25 heavy (non-hydrogen) atoms. The fourth-order valence-corrected chi connectivity index (χ4v) is 2.25. The van der Waals surface area contributed by atoms with E-state index in [-0.39, 0.29) is 23.3 Å². The number of nitrogens with one attached hydrogen (secondary N) is 1. The van der Waals surface area contributed by atoms with E-state index in [4.69, 9.17) is 0 Å². The van der Waals surface area contributed by atoms with Crippen molar-refractivity contribution in [2.24, 2.45) is 0 Å². The lowest BCUT2D eigenvalue weighted by molar-refractivity contribution is -0.142. The summed E-state index contributed by atoms with van der Waals surface area (Å²) < 4.78 is 40.8. The van der Waals surface area contributed by atoms with Gasteiger partial charge < -0.3 is 5.32 Å². The molecule has 0 bridgehead atoms. The summed E-state index contributed by atoms with van der Waals surface area (Å²) in [7, 11) is 0. The Morgan fingerprint density at radius 2 is 1.84 bits per heavy atom. The summed E-state index contributed by atoms with van der Waals surface area (Å²) in [5.41, 5.74) is -0.442. The van der Waals surface area contributed by atoms with Crippen molar-refractivity contribution in [3.05, 3.63) is 47.9 Å². The lowest BCUT2D eigenvalue weighted by Gasteiger charge is -2.10. The third-order valence-corrected chi connectivity index (χ3v) is 3.29. The first-order valence-corrected chi connectivity index (χ1v) is 7.47. The molecular weight excluding hydrogens is 335 g/mol. The summed E-state index contributed by atoms with van der Waals surface area (Å²) in [6, 6.07) is 9.11. The number of carbonyl (C=O) groups is 1. The molecule has 0 spiro atoms. The van der Waals surface area contributed by atoms with Crippen molar-refractivity contribution in [1.29, 1.82) is 0 Å². The lowest BCUT2D eigenvalue weighted by atomic mass is 10.1. The van der Waals surface area contributed by atoms with E-state index in [9.17, 15) is 18.0 Å². The Bertz CT molecular complexity index is 919. The molecule has 0 aliphatic rings. The highest BCUT2D eigenvalue weighted by molar-refractivity contribution is 5.91. The van der Waals surface area contributed by atoms with E-state index in [1.807, 2.05) is 0 Å². The third-order valence-electron chi connectivity index (χ3n) is 3.29. The van der Waals surface area contributed by atoms with Gasteiger partial charge in [-0.15, -0.1) is 5.10 Å². The van der Waals surface area contributed by atoms with Gasteiger partial charge in [0.05, 0.1) is 5.69 Å². The summed E-state index contributed by atoms with van der Waals surface area (Å²) in [5.74, 6) is -1.31. The number of nitrogens with zero attached hydrogens (tertiary/aromatic N) is 4. The average molecular weight is 349 g/mol. The Labute approximate surface area is 140 Å². The minimum atomic E-state index is -4.68. The second kappa shape index (κ2) is 6.15. The molecule has 0 unspecified atom stereocenters. The zero-order valence-electron chi connectivity index (χ0n) is 13.4. The van der Waals surface area contributed by atoms with Gasteiger partial charge in [-0.1, -0.05) is 30.3 Å². The number of hydrogen-bond acceptors (Lipinski definition) is 4. The number of alkyl halides is 3. The van der Waals surface area contributed by atoms with Gasteiger partial charge in [-0.25, -0.2) is 4.98 Å². The molecule has 0 saturated carbocycles. The summed E-state index contributed by atoms with van der Waals surface area (Å²) in [5, 5.41) is 6.22. The molecule has 9 heteroatoms. The van der Waals surface area contributed by atoms with Gasteiger partial charge in [0, 0.05) is 11.6 Å². The maximum atomic E-state index is 13.4. The van der Waals surface area contributed by atoms with Crippen LogP contribution in [0.1, 0.15) is 30.2 Å². The Kier molecular flexibility index (Phi) is 4.15. The van der Waals surface area contributed by atoms with Crippen LogP contribution in [0.4, 0.5) is 13.2 Å². The second-order valence-corrected chi connectivity index (χ2v) is 5.67. The van der Waals surface area contributed by atoms with Crippen LogP contribution in [0.15, 0.2) is 36.4 Å². The molecular formula is C16H14F3N5O. The molecule has 0 fully saturated rings. The Balaban J connectivity index is 2.18. The maximum absolute atomic E-state index is 13.4. The minimum absolute atomic E-state index is 0.101. The molecule has 0 saturated heterocycles. The number of carbonyl (C=O) groups excluding carboxylic acids is 1. The molecule has 2 heterocycles. The van der Waals surface area contributed by atoms with Crippen molar-refractivity contribution in [3.63, 3.8) is 0 Å². The zero-order chi connectivity index (χ0) is 18.2. The Morgan fingerprint density at radius 3 is 2.44 bits per heavy atom. The fraction of sp³-hybridized carbons (Fsp3) is 0.250. The normalized spacial score (nSPS) is 11.9. The molecule has 0 atom stereocenters. The number of benzene rings is 1. The van der Waals surface area contributed by atoms with E-state index in [2.05, 4.69) is 20.4 Å². The lowest BCUT2D eigenvalue weighted by Crippen LogP contribution is -2.31. The van der Waals surface area contributed by atoms with Crippen LogP contribution < -0.4 is 5.32 Å². The SMILES string of the molecule is CC(C)NC(=O)c1nc2nc(-c3ccccc3)cc(C(F)(F)F)n2n1. The maximum Gasteiger partial charge on any atom is 0.433 e. The van der Waals surface area contributed by atoms with Crippen molar-refractivity contribution >= 4 is 11.7 Å². The van der Waals surface area contributed by atoms with Crippen LogP contribution >= 0.6 is 0 Å². The quantitative estimate of drug-likeness (QED) is 0.789. The van der Waals surface area contributed by atoms with Crippen LogP contribution in [0.5, 0.6) is 0 Å². The van der Waals surface area contributed by atoms with E-state index >= 15 is 0 Å². The first-order valence-electron chi connectivity index (χ1n) is 7.47. The van der Waals surface area contributed by atoms with Gasteiger partial charge in [0.2, 0.25) is 5.82 Å². The van der Waals surface area contributed by atoms with Gasteiger partial charge >= 0.3 is 6.18 Å². The molecule has 130 valence electrons. The van der Waals surface area contributed by atoms with Gasteiger partial charge in [-0.05, 0) is 19.9 Å². The van der Waals surface area contributed by atoms with Crippen LogP contribution in [-0.4, -0.2) is 31.5 Å². The van der Waals surface area contributed by atoms with E-state index in [0.717, 1.165) is 6.07 Å². The average Bonchev–Trinajstić information content (AvgIpc) is 2.97. The molecule has 1 N–H and O–H groups in total. The molecule has 0 radical (unpaired) electrons. The first kappa shape index (κ1) is 16.9. The predicted molar refractivity (Wildman–Crippen MR) is 83.8 cm³/mol. The largest absolute Gasteiger partial charge is 0.433 e. The number of amides is 1. The molecule has 3 aromatic rings. The minimum Gasteiger partial charge on any atom is -0.347 e. The molecule has 0 aliphatic carbocycles. The molecule has 6 nitrogen and oxygen atoms in total. The van der Waals surface area contributed by atoms with Crippen LogP contribution in [0, 0.1) is 0 Å². The standard InChI is InChI=1S/C16H14F3N5O/c1-9(2)20-14(25)13-22-15-21-11(10-6-4-3-5-7-10)8-12(16(17,18)19)24(15)23-13/h3-9H,1-2H3,(H,20,25). The summed E-state index contributed by atoms with van der Waals surface area (Å²) >= 11 is 0. The van der Waals surface area contributed by atoms with Crippen molar-refractivity contribution in [3.8, 4) is 11.3 Å². The summed E-state index contributed by atoms with van der Waals surface area (Å²) in [6.07, 6.45) is -4.68. The van der Waals surface area contributed by atoms with Crippen molar-refractivity contribution in [1.82, 2.24) is 24.9 Å². The topological polar surface area (TPSA) is 72.2 Å². The van der Waals surface area contributed by atoms with Gasteiger partial charge in [-0.2, -0.15) is 22.7 Å². The Morgan fingerprint density at radius 1 is 1.16 bits per heavy atom. The van der Waals surface area contributed by atoms with Crippen molar-refractivity contribution in [2.45, 2.75) is 26.1 Å². The zero-order valence-corrected chi connectivity index (χ0v) is 13.4. The van der Waals surface area contributed by atoms with E-state index in [1.165, 1.54) is 0 Å². The summed E-state index contributed by atoms with van der Waals surface area (Å²) in [6.45, 7) is 3.45. The number of halogens is 3. The summed E-state index contributed by atoms with van der Waals surface area (Å²) in [4.78, 5) is 19.9. The highest BCUT2D eigenvalue weighted by Gasteiger charge is 2.36. The van der Waals surface area contributed by atoms with Crippen LogP contribution in [-0.2, 0) is 6.18 Å². The third kappa shape index (κ3) is 3.44. The number of aromatic nitrogens is 4. The monoisotopic (exact) mass is 349 g/mol. The van der Waals surface area contributed by atoms with Crippen molar-refractivity contribution < 1.29 is 18.0 Å². The number of fused-ring (bicyclic) bond motifs is 1. The van der Waals surface area contributed by atoms with Gasteiger partial charge in [0.15, 0.2) is 5.69 Å². The fourth-order valence-electron chi connectivity index (χ4n) is 2.25. The van der Waals surface area contributed by atoms with Crippen LogP contribution in [0.2, 0.25) is 0 Å². The molecule has 1 aromatic carbocycles. The van der Waals surface area contributed by atoms with E-state index in [1.54, 1.807) is 44.2 Å². The van der Waals surface area contributed by atoms with Crippen LogP contribution in [0.25, 0.3) is 17.0 Å². The first-order chi connectivity index (χ1) is 11.8. The van der Waals surface area contributed by atoms with Gasteiger partial charge in [-0.3, -0.25) is 4.79 Å². The predicted octanol–water partition coefficient (Wildman–Crippen LogP) is 2.95. The number of hydrogen-bond donors (Lipinski definition) is 1. The molecule has 1 amide bonds. The van der Waals surface area contributed by atoms with Gasteiger partial charge in [0.1, 0.15) is 0 Å². The van der Waals surface area contributed by atoms with Crippen LogP contribution in [0.3, 0.4) is 0 Å². The van der Waals surface area contributed by atoms with Crippen molar-refractivity contribution in [2.75, 3.05) is 0 Å². The van der Waals surface area contributed by atoms with E-state index in [0.29, 0.717) is 10.1 Å². The molecule has 3 rings (SSSR count). The van der Waals surface area contributed by atoms with Gasteiger partial charge in [0.25, 0.3) is 11.7 Å².